The number of carbonyl (C=O) groups is 2. The van der Waals surface area contributed by atoms with E-state index in [-0.39, 0.29) is 18.1 Å². The molecule has 2 saturated heterocycles. The van der Waals surface area contributed by atoms with Crippen molar-refractivity contribution >= 4 is 17.9 Å². The van der Waals surface area contributed by atoms with Gasteiger partial charge in [-0.05, 0) is 6.42 Å². The topological polar surface area (TPSA) is 103 Å². The molecule has 0 aliphatic carbocycles. The second kappa shape index (κ2) is 15.1. The zero-order valence-corrected chi connectivity index (χ0v) is 20.4. The highest BCUT2D eigenvalue weighted by atomic mass is 16.2. The Balaban J connectivity index is 1.60. The number of nitrogens with two attached hydrogens (primary N) is 1. The summed E-state index contributed by atoms with van der Waals surface area (Å²) in [5, 5.41) is 5.70. The first-order valence-corrected chi connectivity index (χ1v) is 13.0. The molecule has 4 N–H and O–H groups in total. The van der Waals surface area contributed by atoms with Crippen molar-refractivity contribution in [3.8, 4) is 0 Å². The summed E-state index contributed by atoms with van der Waals surface area (Å²) in [5.74, 6) is 0.422. The lowest BCUT2D eigenvalue weighted by atomic mass is 10.0. The number of imide groups is 1. The fraction of sp³-hybridized carbons (Fsp3) is 0.875. The van der Waals surface area contributed by atoms with Gasteiger partial charge in [0, 0.05) is 20.1 Å². The lowest BCUT2D eigenvalue weighted by molar-refractivity contribution is -0.127. The van der Waals surface area contributed by atoms with E-state index in [1.165, 1.54) is 81.9 Å². The average Bonchev–Trinajstić information content (AvgIpc) is 3.15. The Kier molecular flexibility index (Phi) is 12.5. The van der Waals surface area contributed by atoms with Crippen LogP contribution in [0, 0.1) is 0 Å². The van der Waals surface area contributed by atoms with Crippen molar-refractivity contribution in [2.75, 3.05) is 26.7 Å². The highest BCUT2D eigenvalue weighted by molar-refractivity contribution is 6.04. The minimum Gasteiger partial charge on any atom is -0.334 e. The molecule has 8 heteroatoms. The molecular weight excluding hydrogens is 404 g/mol. The van der Waals surface area contributed by atoms with E-state index < -0.39 is 6.04 Å². The Labute approximate surface area is 194 Å². The number of guanidine groups is 1. The number of nitrogens with zero attached hydrogens (tertiary/aromatic N) is 3. The summed E-state index contributed by atoms with van der Waals surface area (Å²) < 4.78 is 0. The number of unbranched alkanes of at least 4 members (excludes halogenated alkanes) is 13. The number of rotatable bonds is 17. The largest absolute Gasteiger partial charge is 0.334 e. The SMILES string of the molecule is CCCCCCCCCCCCCCCCN1C(=NCCN)NC2C1C(=O)NC(=O)N2C. The smallest absolute Gasteiger partial charge is 0.325 e. The maximum Gasteiger partial charge on any atom is 0.325 e. The summed E-state index contributed by atoms with van der Waals surface area (Å²) >= 11 is 0. The Hall–Kier alpha value is -1.83. The minimum absolute atomic E-state index is 0.256. The molecule has 0 saturated carbocycles. The first kappa shape index (κ1) is 26.4. The van der Waals surface area contributed by atoms with Crippen molar-refractivity contribution < 1.29 is 9.59 Å². The van der Waals surface area contributed by atoms with E-state index in [1.807, 2.05) is 4.90 Å². The first-order chi connectivity index (χ1) is 15.6. The molecule has 2 aliphatic heterocycles. The highest BCUT2D eigenvalue weighted by Gasteiger charge is 2.49. The average molecular weight is 451 g/mol. The number of fused-ring (bicyclic) bond motifs is 1. The van der Waals surface area contributed by atoms with Crippen LogP contribution in [-0.2, 0) is 4.79 Å². The lowest BCUT2D eigenvalue weighted by Gasteiger charge is -2.35. The third kappa shape index (κ3) is 8.26. The Morgan fingerprint density at radius 3 is 1.94 bits per heavy atom. The standard InChI is InChI=1S/C24H46N6O2/c1-3-4-5-6-7-8-9-10-11-12-13-14-15-16-19-30-20-21(27-23(30)26-18-17-25)29(2)24(32)28-22(20)31/h20-21H,3-19,25H2,1-2H3,(H,26,27)(H,28,31,32). The van der Waals surface area contributed by atoms with Crippen molar-refractivity contribution in [1.82, 2.24) is 20.4 Å². The number of nitrogens with one attached hydrogen (secondary N) is 2. The van der Waals surface area contributed by atoms with Crippen molar-refractivity contribution in [3.63, 3.8) is 0 Å². The lowest BCUT2D eigenvalue weighted by Crippen LogP contribution is -2.64. The summed E-state index contributed by atoms with van der Waals surface area (Å²) in [4.78, 5) is 32.5. The van der Waals surface area contributed by atoms with Crippen molar-refractivity contribution in [1.29, 1.82) is 0 Å². The van der Waals surface area contributed by atoms with E-state index in [0.717, 1.165) is 19.4 Å². The normalized spacial score (nSPS) is 21.8. The molecule has 184 valence electrons. The molecule has 3 amide bonds. The number of carbonyl (C=O) groups excluding carboxylic acids is 2. The number of urea groups is 1. The molecule has 0 bridgehead atoms. The molecule has 8 nitrogen and oxygen atoms in total. The molecule has 32 heavy (non-hydrogen) atoms. The Morgan fingerprint density at radius 2 is 1.41 bits per heavy atom. The molecule has 2 unspecified atom stereocenters. The summed E-state index contributed by atoms with van der Waals surface area (Å²) in [5.41, 5.74) is 5.61. The van der Waals surface area contributed by atoms with Crippen LogP contribution in [0.1, 0.15) is 96.8 Å². The number of aliphatic imine (C=N–C) groups is 1. The Bertz CT molecular complexity index is 597. The van der Waals surface area contributed by atoms with Crippen LogP contribution in [0.15, 0.2) is 4.99 Å². The van der Waals surface area contributed by atoms with Crippen LogP contribution in [0.25, 0.3) is 0 Å². The van der Waals surface area contributed by atoms with Crippen LogP contribution in [0.2, 0.25) is 0 Å². The number of hydrogen-bond acceptors (Lipinski definition) is 4. The van der Waals surface area contributed by atoms with E-state index in [9.17, 15) is 9.59 Å². The molecule has 0 radical (unpaired) electrons. The predicted molar refractivity (Wildman–Crippen MR) is 130 cm³/mol. The first-order valence-electron chi connectivity index (χ1n) is 13.0. The van der Waals surface area contributed by atoms with Gasteiger partial charge >= 0.3 is 6.03 Å². The van der Waals surface area contributed by atoms with E-state index >= 15 is 0 Å². The van der Waals surface area contributed by atoms with Crippen molar-refractivity contribution in [2.45, 2.75) is 109 Å². The van der Waals surface area contributed by atoms with Gasteiger partial charge in [-0.15, -0.1) is 0 Å². The van der Waals surface area contributed by atoms with Crippen LogP contribution in [0.5, 0.6) is 0 Å². The van der Waals surface area contributed by atoms with Gasteiger partial charge in [0.1, 0.15) is 6.17 Å². The Morgan fingerprint density at radius 1 is 0.875 bits per heavy atom. The van der Waals surface area contributed by atoms with Crippen molar-refractivity contribution in [3.05, 3.63) is 0 Å². The third-order valence-electron chi connectivity index (χ3n) is 6.56. The molecule has 0 aromatic carbocycles. The second-order valence-corrected chi connectivity index (χ2v) is 9.22. The molecular formula is C24H46N6O2. The van der Waals surface area contributed by atoms with Crippen LogP contribution >= 0.6 is 0 Å². The molecule has 2 rings (SSSR count). The van der Waals surface area contributed by atoms with Gasteiger partial charge in [0.05, 0.1) is 6.54 Å². The zero-order chi connectivity index (χ0) is 23.2. The van der Waals surface area contributed by atoms with E-state index in [4.69, 9.17) is 5.73 Å². The molecule has 2 aliphatic rings. The molecule has 0 aromatic rings. The molecule has 0 aromatic heterocycles. The van der Waals surface area contributed by atoms with Crippen molar-refractivity contribution in [2.24, 2.45) is 10.7 Å². The zero-order valence-electron chi connectivity index (χ0n) is 20.4. The third-order valence-corrected chi connectivity index (χ3v) is 6.56. The molecule has 2 atom stereocenters. The van der Waals surface area contributed by atoms with E-state index in [2.05, 4.69) is 22.5 Å². The molecule has 2 fully saturated rings. The maximum atomic E-state index is 12.5. The fourth-order valence-electron chi connectivity index (χ4n) is 4.61. The van der Waals surface area contributed by atoms with Gasteiger partial charge in [0.25, 0.3) is 5.91 Å². The maximum absolute atomic E-state index is 12.5. The summed E-state index contributed by atoms with van der Waals surface area (Å²) in [6, 6.07) is -0.809. The predicted octanol–water partition coefficient (Wildman–Crippen LogP) is 3.56. The minimum atomic E-state index is -0.434. The van der Waals surface area contributed by atoms with Crippen LogP contribution in [-0.4, -0.2) is 66.6 Å². The van der Waals surface area contributed by atoms with Gasteiger partial charge in [0.2, 0.25) is 0 Å². The second-order valence-electron chi connectivity index (χ2n) is 9.22. The monoisotopic (exact) mass is 450 g/mol. The van der Waals surface area contributed by atoms with Gasteiger partial charge < -0.3 is 20.9 Å². The molecule has 2 heterocycles. The van der Waals surface area contributed by atoms with Gasteiger partial charge in [-0.2, -0.15) is 0 Å². The van der Waals surface area contributed by atoms with Gasteiger partial charge in [-0.25, -0.2) is 4.79 Å². The van der Waals surface area contributed by atoms with E-state index in [1.54, 1.807) is 7.05 Å². The van der Waals surface area contributed by atoms with E-state index in [0.29, 0.717) is 19.0 Å². The van der Waals surface area contributed by atoms with Crippen LogP contribution in [0.4, 0.5) is 4.79 Å². The summed E-state index contributed by atoms with van der Waals surface area (Å²) in [6.45, 7) is 3.97. The van der Waals surface area contributed by atoms with Crippen LogP contribution in [0.3, 0.4) is 0 Å². The van der Waals surface area contributed by atoms with Gasteiger partial charge in [-0.3, -0.25) is 15.1 Å². The number of amides is 3. The number of likely N-dealkylation sites (N-methyl/N-ethyl adjacent to an activating group) is 1. The van der Waals surface area contributed by atoms with Gasteiger partial charge in [0.15, 0.2) is 12.0 Å². The highest BCUT2D eigenvalue weighted by Crippen LogP contribution is 2.21. The summed E-state index contributed by atoms with van der Waals surface area (Å²) in [6.07, 6.45) is 18.1. The van der Waals surface area contributed by atoms with Crippen LogP contribution < -0.4 is 16.4 Å². The molecule has 0 spiro atoms. The fourth-order valence-corrected chi connectivity index (χ4v) is 4.61. The quantitative estimate of drug-likeness (QED) is 0.294. The van der Waals surface area contributed by atoms with Gasteiger partial charge in [-0.1, -0.05) is 90.4 Å². The number of hydrogen-bond donors (Lipinski definition) is 3. The summed E-state index contributed by atoms with van der Waals surface area (Å²) in [7, 11) is 1.70.